The fraction of sp³-hybridized carbons (Fsp3) is 0.367. The van der Waals surface area contributed by atoms with E-state index in [-0.39, 0.29) is 30.3 Å². The van der Waals surface area contributed by atoms with Crippen molar-refractivity contribution in [2.45, 2.75) is 104 Å². The largest absolute Gasteiger partial charge is 0.494 e. The third-order valence-corrected chi connectivity index (χ3v) is 13.1. The van der Waals surface area contributed by atoms with Crippen LogP contribution in [-0.4, -0.2) is 71.7 Å². The lowest BCUT2D eigenvalue weighted by Crippen LogP contribution is -2.41. The number of hydrogen-bond acceptors (Lipinski definition) is 12. The predicted octanol–water partition coefficient (Wildman–Crippen LogP) is 16.2. The minimum Gasteiger partial charge on any atom is -0.462 e. The smallest absolute Gasteiger partial charge is 0.462 e. The van der Waals surface area contributed by atoms with Gasteiger partial charge in [0, 0.05) is 44.0 Å². The summed E-state index contributed by atoms with van der Waals surface area (Å²) in [5.74, 6) is -0.494. The Morgan fingerprint density at radius 1 is 0.473 bits per heavy atom. The lowest BCUT2D eigenvalue weighted by molar-refractivity contribution is 0.00578. The van der Waals surface area contributed by atoms with Crippen LogP contribution in [0.5, 0.6) is 0 Å². The molecule has 0 bridgehead atoms. The first-order valence-corrected chi connectivity index (χ1v) is 26.4. The van der Waals surface area contributed by atoms with E-state index in [1.165, 1.54) is 25.7 Å². The molecule has 1 aliphatic rings. The second kappa shape index (κ2) is 29.4. The molecule has 12 nitrogen and oxygen atoms in total. The first kappa shape index (κ1) is 58.4. The van der Waals surface area contributed by atoms with Crippen LogP contribution in [0.3, 0.4) is 0 Å². The quantitative estimate of drug-likeness (QED) is 0.0320. The third-order valence-electron chi connectivity index (χ3n) is 12.6. The Hall–Kier alpha value is -6.48. The molecule has 390 valence electrons. The SMILES string of the molecule is CCCCCCOC(=O)c1ccc(-c2ccc(N=Nc3ccc(N(C)C)cc3)cc2)cc1.CCCCCCOC(=O)c1ccc(Br)cc1.CN(C)c1ccc(N=Nc2ccc(B3OC(C)(C)C(C)(C)O3)cc2)cc1. The number of benzene rings is 6. The van der Waals surface area contributed by atoms with Crippen LogP contribution in [-0.2, 0) is 18.8 Å². The van der Waals surface area contributed by atoms with Gasteiger partial charge < -0.3 is 28.6 Å². The van der Waals surface area contributed by atoms with Gasteiger partial charge in [-0.2, -0.15) is 20.5 Å². The van der Waals surface area contributed by atoms with Crippen molar-refractivity contribution in [3.8, 4) is 11.1 Å². The first-order chi connectivity index (χ1) is 35.5. The molecule has 0 N–H and O–H groups in total. The number of nitrogens with zero attached hydrogens (tertiary/aromatic N) is 6. The van der Waals surface area contributed by atoms with Crippen LogP contribution in [0.1, 0.15) is 114 Å². The van der Waals surface area contributed by atoms with E-state index in [1.54, 1.807) is 12.1 Å². The van der Waals surface area contributed by atoms with Crippen molar-refractivity contribution in [3.63, 3.8) is 0 Å². The average molecular weight is 1070 g/mol. The number of ether oxygens (including phenoxy) is 2. The van der Waals surface area contributed by atoms with Crippen molar-refractivity contribution >= 4 is 74.6 Å². The fourth-order valence-electron chi connectivity index (χ4n) is 7.20. The number of hydrogen-bond donors (Lipinski definition) is 0. The molecule has 0 unspecified atom stereocenters. The van der Waals surface area contributed by atoms with Crippen LogP contribution < -0.4 is 15.3 Å². The molecule has 1 heterocycles. The molecule has 0 atom stereocenters. The highest BCUT2D eigenvalue weighted by Crippen LogP contribution is 2.36. The number of unbranched alkanes of at least 4 members (excludes halogenated alkanes) is 6. The molecule has 0 saturated carbocycles. The molecule has 14 heteroatoms. The third kappa shape index (κ3) is 18.8. The monoisotopic (exact) mass is 1060 g/mol. The number of azo groups is 2. The van der Waals surface area contributed by atoms with Crippen LogP contribution >= 0.6 is 15.9 Å². The summed E-state index contributed by atoms with van der Waals surface area (Å²) in [7, 11) is 7.68. The van der Waals surface area contributed by atoms with E-state index in [0.29, 0.717) is 24.3 Å². The summed E-state index contributed by atoms with van der Waals surface area (Å²) >= 11 is 3.32. The van der Waals surface area contributed by atoms with Crippen molar-refractivity contribution < 1.29 is 28.4 Å². The minimum absolute atomic E-state index is 0.232. The summed E-state index contributed by atoms with van der Waals surface area (Å²) in [6, 6.07) is 46.3. The van der Waals surface area contributed by atoms with E-state index in [1.807, 2.05) is 167 Å². The molecule has 6 aromatic carbocycles. The van der Waals surface area contributed by atoms with Crippen molar-refractivity contribution in [1.82, 2.24) is 0 Å². The molecule has 0 radical (unpaired) electrons. The van der Waals surface area contributed by atoms with E-state index in [9.17, 15) is 9.59 Å². The number of esters is 2. The lowest BCUT2D eigenvalue weighted by atomic mass is 9.79. The number of halogens is 1. The Bertz CT molecular complexity index is 2660. The second-order valence-electron chi connectivity index (χ2n) is 19.4. The normalized spacial score (nSPS) is 13.4. The Morgan fingerprint density at radius 2 is 0.797 bits per heavy atom. The van der Waals surface area contributed by atoms with Gasteiger partial charge in [-0.05, 0) is 166 Å². The number of rotatable bonds is 20. The molecule has 0 aromatic heterocycles. The molecular weight excluding hydrogens is 991 g/mol. The zero-order valence-electron chi connectivity index (χ0n) is 45.0. The summed E-state index contributed by atoms with van der Waals surface area (Å²) in [6.07, 6.45) is 8.85. The molecule has 1 saturated heterocycles. The van der Waals surface area contributed by atoms with Crippen molar-refractivity contribution in [1.29, 1.82) is 0 Å². The topological polar surface area (TPSA) is 127 Å². The predicted molar refractivity (Wildman–Crippen MR) is 307 cm³/mol. The summed E-state index contributed by atoms with van der Waals surface area (Å²) in [5.41, 5.74) is 9.06. The number of carbonyl (C=O) groups excluding carboxylic acids is 2. The Labute approximate surface area is 448 Å². The van der Waals surface area contributed by atoms with Crippen molar-refractivity contribution in [3.05, 3.63) is 161 Å². The van der Waals surface area contributed by atoms with Gasteiger partial charge in [0.1, 0.15) is 0 Å². The van der Waals surface area contributed by atoms with Gasteiger partial charge in [-0.1, -0.05) is 105 Å². The maximum atomic E-state index is 12.2. The summed E-state index contributed by atoms with van der Waals surface area (Å²) in [4.78, 5) is 27.8. The minimum atomic E-state index is -0.357. The molecule has 6 aromatic rings. The Kier molecular flexibility index (Phi) is 23.2. The fourth-order valence-corrected chi connectivity index (χ4v) is 7.47. The first-order valence-electron chi connectivity index (χ1n) is 25.6. The molecule has 7 rings (SSSR count). The molecule has 1 aliphatic heterocycles. The van der Waals surface area contributed by atoms with E-state index < -0.39 is 0 Å². The van der Waals surface area contributed by atoms with Gasteiger partial charge in [-0.15, -0.1) is 0 Å². The highest BCUT2D eigenvalue weighted by molar-refractivity contribution is 9.10. The summed E-state index contributed by atoms with van der Waals surface area (Å²) in [5, 5.41) is 17.2. The lowest BCUT2D eigenvalue weighted by Gasteiger charge is -2.32. The van der Waals surface area contributed by atoms with E-state index in [4.69, 9.17) is 18.8 Å². The van der Waals surface area contributed by atoms with Gasteiger partial charge in [0.2, 0.25) is 0 Å². The maximum Gasteiger partial charge on any atom is 0.494 e. The van der Waals surface area contributed by atoms with Crippen molar-refractivity contribution in [2.75, 3.05) is 51.2 Å². The summed E-state index contributed by atoms with van der Waals surface area (Å²) in [6.45, 7) is 13.5. The van der Waals surface area contributed by atoms with Gasteiger partial charge in [-0.25, -0.2) is 9.59 Å². The molecule has 74 heavy (non-hydrogen) atoms. The second-order valence-corrected chi connectivity index (χ2v) is 20.3. The number of anilines is 2. The molecule has 1 fully saturated rings. The molecule has 0 spiro atoms. The van der Waals surface area contributed by atoms with Crippen LogP contribution in [0, 0.1) is 0 Å². The number of carbonyl (C=O) groups is 2. The van der Waals surface area contributed by atoms with Crippen LogP contribution in [0.15, 0.2) is 171 Å². The maximum absolute atomic E-state index is 12.2. The zero-order chi connectivity index (χ0) is 53.5. The Morgan fingerprint density at radius 3 is 1.15 bits per heavy atom. The van der Waals surface area contributed by atoms with Gasteiger partial charge >= 0.3 is 19.1 Å². The van der Waals surface area contributed by atoms with Gasteiger partial charge in [-0.3, -0.25) is 0 Å². The van der Waals surface area contributed by atoms with Gasteiger partial charge in [0.05, 0.1) is 58.3 Å². The van der Waals surface area contributed by atoms with Gasteiger partial charge in [0.25, 0.3) is 0 Å². The molecule has 0 aliphatic carbocycles. The van der Waals surface area contributed by atoms with E-state index in [2.05, 4.69) is 82.8 Å². The Balaban J connectivity index is 0.000000217. The average Bonchev–Trinajstić information content (AvgIpc) is 3.63. The molecular formula is C60H74BBrN6O6. The van der Waals surface area contributed by atoms with E-state index in [0.717, 1.165) is 80.9 Å². The summed E-state index contributed by atoms with van der Waals surface area (Å²) < 4.78 is 23.6. The standard InChI is InChI=1S/C27H31N3O2.C20H26BN3O2.C13H17BrO2/c1-4-5-6-7-20-32-27(31)23-10-8-21(9-11-23)22-12-14-24(15-13-22)28-29-25-16-18-26(19-17-25)30(2)3;1-19(2)20(3,4)26-21(25-19)15-7-9-16(10-8-15)22-23-17-11-13-18(14-12-17)24(5)6;1-2-3-4-5-10-16-13(15)11-6-8-12(14)9-7-11/h8-19H,4-7,20H2,1-3H3;7-14H,1-6H3;6-9H,2-5,10H2,1H3. The zero-order valence-corrected chi connectivity index (χ0v) is 46.6. The highest BCUT2D eigenvalue weighted by Gasteiger charge is 2.51. The van der Waals surface area contributed by atoms with Crippen LogP contribution in [0.25, 0.3) is 11.1 Å². The van der Waals surface area contributed by atoms with E-state index >= 15 is 0 Å². The van der Waals surface area contributed by atoms with Crippen LogP contribution in [0.4, 0.5) is 34.1 Å². The van der Waals surface area contributed by atoms with Gasteiger partial charge in [0.15, 0.2) is 0 Å². The van der Waals surface area contributed by atoms with Crippen molar-refractivity contribution in [2.24, 2.45) is 20.5 Å². The highest BCUT2D eigenvalue weighted by atomic mass is 79.9. The molecule has 0 amide bonds. The van der Waals surface area contributed by atoms with Crippen LogP contribution in [0.2, 0.25) is 0 Å².